The number of carbonyl (C=O) groups is 3. The van der Waals surface area contributed by atoms with E-state index in [4.69, 9.17) is 11.6 Å². The molecule has 2 aliphatic rings. The highest BCUT2D eigenvalue weighted by molar-refractivity contribution is 6.30. The van der Waals surface area contributed by atoms with Crippen molar-refractivity contribution in [3.8, 4) is 0 Å². The molecule has 0 atom stereocenters. The lowest BCUT2D eigenvalue weighted by molar-refractivity contribution is -0.135. The molecule has 1 aromatic carbocycles. The van der Waals surface area contributed by atoms with Crippen LogP contribution < -0.4 is 10.6 Å². The first kappa shape index (κ1) is 17.7. The van der Waals surface area contributed by atoms with Crippen LogP contribution in [0.5, 0.6) is 0 Å². The molecule has 25 heavy (non-hydrogen) atoms. The minimum atomic E-state index is -0.781. The van der Waals surface area contributed by atoms with Crippen LogP contribution in [0.15, 0.2) is 24.3 Å². The van der Waals surface area contributed by atoms with E-state index in [2.05, 4.69) is 10.6 Å². The molecule has 0 aromatic heterocycles. The van der Waals surface area contributed by atoms with Gasteiger partial charge in [-0.05, 0) is 37.0 Å². The average Bonchev–Trinajstić information content (AvgIpc) is 2.80. The summed E-state index contributed by atoms with van der Waals surface area (Å²) in [6.07, 6.45) is 4.87. The molecule has 2 N–H and O–H groups in total. The molecule has 0 unspecified atom stereocenters. The third kappa shape index (κ3) is 3.95. The van der Waals surface area contributed by atoms with E-state index in [1.54, 1.807) is 6.07 Å². The fraction of sp³-hybridized carbons (Fsp3) is 0.500. The van der Waals surface area contributed by atoms with Crippen LogP contribution >= 0.6 is 11.6 Å². The van der Waals surface area contributed by atoms with Gasteiger partial charge in [-0.2, -0.15) is 0 Å². The molecule has 6 nitrogen and oxygen atoms in total. The lowest BCUT2D eigenvalue weighted by Crippen LogP contribution is -2.49. The Morgan fingerprint density at radius 1 is 1.24 bits per heavy atom. The normalized spacial score (nSPS) is 19.2. The second-order valence-corrected chi connectivity index (χ2v) is 7.13. The van der Waals surface area contributed by atoms with E-state index < -0.39 is 11.6 Å². The number of nitrogens with one attached hydrogen (secondary N) is 2. The molecule has 1 spiro atoms. The summed E-state index contributed by atoms with van der Waals surface area (Å²) >= 11 is 5.93. The van der Waals surface area contributed by atoms with Crippen molar-refractivity contribution in [3.63, 3.8) is 0 Å². The van der Waals surface area contributed by atoms with Gasteiger partial charge in [0.15, 0.2) is 0 Å². The predicted molar refractivity (Wildman–Crippen MR) is 94.2 cm³/mol. The van der Waals surface area contributed by atoms with Crippen LogP contribution in [0.3, 0.4) is 0 Å². The van der Waals surface area contributed by atoms with Gasteiger partial charge in [-0.3, -0.25) is 14.5 Å². The number of nitrogens with zero attached hydrogens (tertiary/aromatic N) is 1. The van der Waals surface area contributed by atoms with Gasteiger partial charge >= 0.3 is 6.03 Å². The maximum atomic E-state index is 12.6. The highest BCUT2D eigenvalue weighted by Crippen LogP contribution is 2.33. The van der Waals surface area contributed by atoms with E-state index in [-0.39, 0.29) is 18.4 Å². The molecule has 1 saturated carbocycles. The van der Waals surface area contributed by atoms with E-state index in [0.717, 1.165) is 29.7 Å². The zero-order chi connectivity index (χ0) is 17.9. The van der Waals surface area contributed by atoms with Crippen molar-refractivity contribution in [2.75, 3.05) is 13.1 Å². The van der Waals surface area contributed by atoms with Crippen molar-refractivity contribution in [1.82, 2.24) is 15.5 Å². The van der Waals surface area contributed by atoms with Crippen LogP contribution in [-0.4, -0.2) is 41.4 Å². The van der Waals surface area contributed by atoms with Gasteiger partial charge in [0.1, 0.15) is 12.1 Å². The molecule has 1 saturated heterocycles. The Hall–Kier alpha value is -2.08. The summed E-state index contributed by atoms with van der Waals surface area (Å²) in [5.74, 6) is -0.597. The van der Waals surface area contributed by atoms with Gasteiger partial charge in [0.25, 0.3) is 5.91 Å². The van der Waals surface area contributed by atoms with Crippen molar-refractivity contribution in [2.24, 2.45) is 0 Å². The van der Waals surface area contributed by atoms with Gasteiger partial charge in [0.2, 0.25) is 5.91 Å². The summed E-state index contributed by atoms with van der Waals surface area (Å²) in [4.78, 5) is 37.9. The van der Waals surface area contributed by atoms with Crippen molar-refractivity contribution in [1.29, 1.82) is 0 Å². The predicted octanol–water partition coefficient (Wildman–Crippen LogP) is 2.25. The number of rotatable bonds is 5. The zero-order valence-electron chi connectivity index (χ0n) is 14.0. The molecular formula is C18H22ClN3O3. The van der Waals surface area contributed by atoms with Gasteiger partial charge in [0.05, 0.1) is 0 Å². The van der Waals surface area contributed by atoms with Gasteiger partial charge in [-0.25, -0.2) is 4.79 Å². The molecule has 2 fully saturated rings. The van der Waals surface area contributed by atoms with E-state index >= 15 is 0 Å². The Balaban J connectivity index is 1.50. The smallest absolute Gasteiger partial charge is 0.325 e. The van der Waals surface area contributed by atoms with Gasteiger partial charge in [-0.15, -0.1) is 0 Å². The minimum absolute atomic E-state index is 0.234. The van der Waals surface area contributed by atoms with E-state index in [9.17, 15) is 14.4 Å². The average molecular weight is 364 g/mol. The molecule has 7 heteroatoms. The lowest BCUT2D eigenvalue weighted by atomic mass is 9.82. The van der Waals surface area contributed by atoms with Crippen LogP contribution in [0.4, 0.5) is 4.79 Å². The third-order valence-electron chi connectivity index (χ3n) is 4.88. The summed E-state index contributed by atoms with van der Waals surface area (Å²) in [6, 6.07) is 6.97. The zero-order valence-corrected chi connectivity index (χ0v) is 14.8. The van der Waals surface area contributed by atoms with Crippen molar-refractivity contribution in [3.05, 3.63) is 34.9 Å². The number of halogens is 1. The van der Waals surface area contributed by atoms with Crippen LogP contribution in [0.1, 0.15) is 37.7 Å². The Morgan fingerprint density at radius 3 is 2.72 bits per heavy atom. The number of hydrogen-bond donors (Lipinski definition) is 2. The molecule has 134 valence electrons. The second kappa shape index (κ2) is 7.44. The lowest BCUT2D eigenvalue weighted by Gasteiger charge is -2.30. The quantitative estimate of drug-likeness (QED) is 0.787. The summed E-state index contributed by atoms with van der Waals surface area (Å²) < 4.78 is 0. The van der Waals surface area contributed by atoms with Crippen LogP contribution in [0, 0.1) is 0 Å². The SMILES string of the molecule is O=C(CN1C(=O)NC2(CCCCC2)C1=O)NCCc1cccc(Cl)c1. The second-order valence-electron chi connectivity index (χ2n) is 6.69. The van der Waals surface area contributed by atoms with Crippen LogP contribution in [0.2, 0.25) is 5.02 Å². The minimum Gasteiger partial charge on any atom is -0.354 e. The third-order valence-corrected chi connectivity index (χ3v) is 5.11. The topological polar surface area (TPSA) is 78.5 Å². The van der Waals surface area contributed by atoms with E-state index in [0.29, 0.717) is 30.8 Å². The molecule has 0 bridgehead atoms. The van der Waals surface area contributed by atoms with Crippen molar-refractivity contribution >= 4 is 29.4 Å². The molecule has 1 aliphatic heterocycles. The summed E-state index contributed by atoms with van der Waals surface area (Å²) in [5, 5.41) is 6.21. The van der Waals surface area contributed by atoms with E-state index in [1.165, 1.54) is 0 Å². The fourth-order valence-electron chi connectivity index (χ4n) is 3.55. The summed E-state index contributed by atoms with van der Waals surface area (Å²) in [7, 11) is 0. The van der Waals surface area contributed by atoms with Gasteiger partial charge < -0.3 is 10.6 Å². The number of amides is 4. The van der Waals surface area contributed by atoms with Crippen molar-refractivity contribution in [2.45, 2.75) is 44.1 Å². The monoisotopic (exact) mass is 363 g/mol. The maximum absolute atomic E-state index is 12.6. The Bertz CT molecular complexity index is 686. The summed E-state index contributed by atoms with van der Waals surface area (Å²) in [6.45, 7) is 0.190. The van der Waals surface area contributed by atoms with Gasteiger partial charge in [-0.1, -0.05) is 43.0 Å². The molecule has 3 rings (SSSR count). The Morgan fingerprint density at radius 2 is 2.00 bits per heavy atom. The standard InChI is InChI=1S/C18H22ClN3O3/c19-14-6-4-5-13(11-14)7-10-20-15(23)12-22-16(24)18(21-17(22)25)8-2-1-3-9-18/h4-6,11H,1-3,7-10,12H2,(H,20,23)(H,21,25). The molecule has 1 aromatic rings. The Labute approximate surface area is 151 Å². The molecule has 1 heterocycles. The highest BCUT2D eigenvalue weighted by Gasteiger charge is 2.51. The number of urea groups is 1. The first-order valence-corrected chi connectivity index (χ1v) is 9.03. The fourth-order valence-corrected chi connectivity index (χ4v) is 3.77. The van der Waals surface area contributed by atoms with E-state index in [1.807, 2.05) is 18.2 Å². The largest absolute Gasteiger partial charge is 0.354 e. The number of hydrogen-bond acceptors (Lipinski definition) is 3. The maximum Gasteiger partial charge on any atom is 0.325 e. The van der Waals surface area contributed by atoms with Crippen LogP contribution in [0.25, 0.3) is 0 Å². The molecule has 4 amide bonds. The van der Waals surface area contributed by atoms with Crippen molar-refractivity contribution < 1.29 is 14.4 Å². The molecular weight excluding hydrogens is 342 g/mol. The van der Waals surface area contributed by atoms with Crippen LogP contribution in [-0.2, 0) is 16.0 Å². The first-order chi connectivity index (χ1) is 12.0. The molecule has 0 radical (unpaired) electrons. The summed E-state index contributed by atoms with van der Waals surface area (Å²) in [5.41, 5.74) is 0.236. The number of benzene rings is 1. The first-order valence-electron chi connectivity index (χ1n) is 8.65. The number of carbonyl (C=O) groups excluding carboxylic acids is 3. The number of imide groups is 1. The highest BCUT2D eigenvalue weighted by atomic mass is 35.5. The Kier molecular flexibility index (Phi) is 5.27. The van der Waals surface area contributed by atoms with Gasteiger partial charge in [0, 0.05) is 11.6 Å². The molecule has 1 aliphatic carbocycles.